The number of piperidine rings is 1. The number of β-lactam (4-membered cyclic amide) rings is 1. The third kappa shape index (κ3) is 3.47. The molecule has 0 aliphatic carbocycles. The van der Waals surface area contributed by atoms with E-state index < -0.39 is 18.3 Å². The standard InChI is InChI=1S/C12H11N3O4.C2HF3O2/c13-4-1-2-7-6-3-5-14-8-9(6)15(10(8)16)11(7)19-12(17)18;3-2(4,5)1(6)7/h1-2,6,8-9,14H,3,5H2,(H,17,18);(H,6,7)/b2-1+;/t6?,8-,9+;/m0./s1. The van der Waals surface area contributed by atoms with Crippen LogP contribution in [0.25, 0.3) is 0 Å². The van der Waals surface area contributed by atoms with E-state index in [-0.39, 0.29) is 29.8 Å². The molecule has 3 heterocycles. The lowest BCUT2D eigenvalue weighted by Crippen LogP contribution is -2.71. The van der Waals surface area contributed by atoms with E-state index in [4.69, 9.17) is 25.0 Å². The van der Waals surface area contributed by atoms with Gasteiger partial charge in [-0.2, -0.15) is 18.4 Å². The van der Waals surface area contributed by atoms with E-state index in [1.54, 1.807) is 0 Å². The Morgan fingerprint density at radius 1 is 1.38 bits per heavy atom. The Bertz CT molecular complexity index is 739. The Kier molecular flexibility index (Phi) is 5.22. The van der Waals surface area contributed by atoms with Crippen LogP contribution in [0.1, 0.15) is 6.42 Å². The monoisotopic (exact) mass is 375 g/mol. The molecule has 3 atom stereocenters. The summed E-state index contributed by atoms with van der Waals surface area (Å²) in [5.41, 5.74) is 0.617. The number of nitrogens with one attached hydrogen (secondary N) is 1. The van der Waals surface area contributed by atoms with E-state index in [0.29, 0.717) is 12.1 Å². The molecule has 0 aromatic heterocycles. The lowest BCUT2D eigenvalue weighted by atomic mass is 9.79. The molecule has 3 aliphatic rings. The molecule has 0 bridgehead atoms. The van der Waals surface area contributed by atoms with E-state index in [9.17, 15) is 22.8 Å². The number of carbonyl (C=O) groups is 3. The van der Waals surface area contributed by atoms with Crippen molar-refractivity contribution in [2.45, 2.75) is 24.7 Å². The lowest BCUT2D eigenvalue weighted by Gasteiger charge is -2.48. The molecule has 3 N–H and O–H groups in total. The van der Waals surface area contributed by atoms with Crippen LogP contribution in [-0.2, 0) is 14.3 Å². The highest BCUT2D eigenvalue weighted by molar-refractivity contribution is 5.93. The fourth-order valence-corrected chi connectivity index (χ4v) is 3.08. The minimum Gasteiger partial charge on any atom is -0.475 e. The lowest BCUT2D eigenvalue weighted by molar-refractivity contribution is -0.192. The summed E-state index contributed by atoms with van der Waals surface area (Å²) in [7, 11) is 0. The number of halogens is 3. The molecule has 1 amide bonds. The highest BCUT2D eigenvalue weighted by Gasteiger charge is 2.60. The second-order valence-electron chi connectivity index (χ2n) is 5.42. The highest BCUT2D eigenvalue weighted by Crippen LogP contribution is 2.46. The van der Waals surface area contributed by atoms with Gasteiger partial charge in [-0.05, 0) is 19.0 Å². The average molecular weight is 375 g/mol. The van der Waals surface area contributed by atoms with Crippen molar-refractivity contribution in [3.63, 3.8) is 0 Å². The van der Waals surface area contributed by atoms with Crippen LogP contribution in [0.3, 0.4) is 0 Å². The molecule has 140 valence electrons. The maximum Gasteiger partial charge on any atom is 0.512 e. The third-order valence-corrected chi connectivity index (χ3v) is 4.00. The van der Waals surface area contributed by atoms with E-state index >= 15 is 0 Å². The number of carboxylic acid groups (broad SMARTS) is 2. The summed E-state index contributed by atoms with van der Waals surface area (Å²) in [5, 5.41) is 27.6. The number of amides is 1. The quantitative estimate of drug-likeness (QED) is 0.366. The number of aliphatic carboxylic acids is 1. The van der Waals surface area contributed by atoms with Crippen molar-refractivity contribution in [3.05, 3.63) is 23.6 Å². The average Bonchev–Trinajstić information content (AvgIpc) is 2.83. The largest absolute Gasteiger partial charge is 0.512 e. The summed E-state index contributed by atoms with van der Waals surface area (Å²) in [6.07, 6.45) is -2.95. The highest BCUT2D eigenvalue weighted by atomic mass is 19.4. The van der Waals surface area contributed by atoms with E-state index in [0.717, 1.165) is 6.42 Å². The van der Waals surface area contributed by atoms with Gasteiger partial charge in [0.2, 0.25) is 11.8 Å². The van der Waals surface area contributed by atoms with Crippen LogP contribution in [-0.4, -0.2) is 57.9 Å². The number of carboxylic acids is 1. The van der Waals surface area contributed by atoms with E-state index in [1.807, 2.05) is 6.07 Å². The minimum atomic E-state index is -5.08. The second kappa shape index (κ2) is 7.04. The van der Waals surface area contributed by atoms with Gasteiger partial charge in [0.1, 0.15) is 6.04 Å². The molecule has 3 aliphatic heterocycles. The number of nitriles is 1. The van der Waals surface area contributed by atoms with Gasteiger partial charge in [0.05, 0.1) is 12.1 Å². The fraction of sp³-hybridized carbons (Fsp3) is 0.429. The molecule has 26 heavy (non-hydrogen) atoms. The fourth-order valence-electron chi connectivity index (χ4n) is 3.08. The van der Waals surface area contributed by atoms with E-state index in [2.05, 4.69) is 5.32 Å². The van der Waals surface area contributed by atoms with Gasteiger partial charge >= 0.3 is 18.3 Å². The molecule has 0 saturated carbocycles. The maximum atomic E-state index is 11.9. The van der Waals surface area contributed by atoms with Crippen molar-refractivity contribution >= 4 is 18.0 Å². The molecule has 3 rings (SSSR count). The predicted molar refractivity (Wildman–Crippen MR) is 75.1 cm³/mol. The SMILES string of the molecule is N#C/C=C/C1=C(OC(=O)O)N2C(=O)[C@H]3NCCC1[C@H]32.O=C(O)C(F)(F)F. The molecule has 0 aromatic carbocycles. The van der Waals surface area contributed by atoms with Crippen LogP contribution in [0.2, 0.25) is 0 Å². The Labute approximate surface area is 143 Å². The van der Waals surface area contributed by atoms with Gasteiger partial charge in [0, 0.05) is 17.6 Å². The molecular weight excluding hydrogens is 363 g/mol. The number of ether oxygens (including phenoxy) is 1. The molecule has 1 unspecified atom stereocenters. The zero-order valence-corrected chi connectivity index (χ0v) is 12.9. The van der Waals surface area contributed by atoms with Gasteiger partial charge in [0.15, 0.2) is 0 Å². The number of hydrogen-bond donors (Lipinski definition) is 3. The molecule has 0 spiro atoms. The molecule has 0 radical (unpaired) electrons. The first kappa shape index (κ1) is 19.3. The number of rotatable bonds is 2. The number of carbonyl (C=O) groups excluding carboxylic acids is 1. The Hall–Kier alpha value is -3.07. The zero-order valence-electron chi connectivity index (χ0n) is 12.9. The number of alkyl halides is 3. The summed E-state index contributed by atoms with van der Waals surface area (Å²) < 4.78 is 36.5. The topological polar surface area (TPSA) is 140 Å². The normalized spacial score (nSPS) is 26.5. The van der Waals surface area contributed by atoms with Crippen LogP contribution in [0.15, 0.2) is 23.6 Å². The molecule has 2 fully saturated rings. The first-order chi connectivity index (χ1) is 12.1. The van der Waals surface area contributed by atoms with Crippen molar-refractivity contribution in [2.75, 3.05) is 6.54 Å². The zero-order chi connectivity index (χ0) is 19.6. The predicted octanol–water partition coefficient (Wildman–Crippen LogP) is 0.808. The summed E-state index contributed by atoms with van der Waals surface area (Å²) in [6.45, 7) is 0.690. The van der Waals surface area contributed by atoms with E-state index in [1.165, 1.54) is 17.1 Å². The van der Waals surface area contributed by atoms with Crippen LogP contribution in [0.4, 0.5) is 18.0 Å². The maximum absolute atomic E-state index is 11.9. The van der Waals surface area contributed by atoms with Gasteiger partial charge in [-0.3, -0.25) is 9.69 Å². The van der Waals surface area contributed by atoms with Crippen molar-refractivity contribution in [1.82, 2.24) is 10.2 Å². The van der Waals surface area contributed by atoms with Crippen LogP contribution < -0.4 is 5.32 Å². The smallest absolute Gasteiger partial charge is 0.475 e. The van der Waals surface area contributed by atoms with Crippen LogP contribution in [0.5, 0.6) is 0 Å². The first-order valence-electron chi connectivity index (χ1n) is 7.17. The first-order valence-corrected chi connectivity index (χ1v) is 7.17. The second-order valence-corrected chi connectivity index (χ2v) is 5.42. The van der Waals surface area contributed by atoms with Gasteiger partial charge in [-0.25, -0.2) is 9.59 Å². The Morgan fingerprint density at radius 3 is 2.50 bits per heavy atom. The summed E-state index contributed by atoms with van der Waals surface area (Å²) in [6, 6.07) is 1.51. The third-order valence-electron chi connectivity index (χ3n) is 4.00. The Balaban J connectivity index is 0.000000298. The van der Waals surface area contributed by atoms with Crippen molar-refractivity contribution in [1.29, 1.82) is 5.26 Å². The molecular formula is C14H12F3N3O6. The molecule has 12 heteroatoms. The summed E-state index contributed by atoms with van der Waals surface area (Å²) in [4.78, 5) is 33.0. The number of nitrogens with zero attached hydrogens (tertiary/aromatic N) is 2. The van der Waals surface area contributed by atoms with Crippen molar-refractivity contribution in [2.24, 2.45) is 5.92 Å². The van der Waals surface area contributed by atoms with Crippen molar-refractivity contribution < 1.29 is 42.5 Å². The summed E-state index contributed by atoms with van der Waals surface area (Å²) >= 11 is 0. The number of hydrogen-bond acceptors (Lipinski definition) is 6. The van der Waals surface area contributed by atoms with Gasteiger partial charge in [-0.15, -0.1) is 0 Å². The van der Waals surface area contributed by atoms with Gasteiger partial charge < -0.3 is 20.3 Å². The van der Waals surface area contributed by atoms with Crippen LogP contribution >= 0.6 is 0 Å². The molecule has 0 aromatic rings. The minimum absolute atomic E-state index is 0.0305. The summed E-state index contributed by atoms with van der Waals surface area (Å²) in [5.74, 6) is -2.85. The molecule has 9 nitrogen and oxygen atoms in total. The van der Waals surface area contributed by atoms with Gasteiger partial charge in [0.25, 0.3) is 0 Å². The van der Waals surface area contributed by atoms with Crippen molar-refractivity contribution in [3.8, 4) is 6.07 Å². The molecule has 2 saturated heterocycles. The van der Waals surface area contributed by atoms with Gasteiger partial charge in [-0.1, -0.05) is 0 Å². The number of allylic oxidation sites excluding steroid dienone is 2. The van der Waals surface area contributed by atoms with Crippen LogP contribution in [0, 0.1) is 17.2 Å². The Morgan fingerprint density at radius 2 is 2.00 bits per heavy atom.